The molecule has 0 radical (unpaired) electrons. The highest BCUT2D eigenvalue weighted by Crippen LogP contribution is 2.23. The number of hydrogen-bond donors (Lipinski definition) is 2. The molecule has 2 N–H and O–H groups in total. The van der Waals surface area contributed by atoms with Crippen LogP contribution in [0.5, 0.6) is 11.5 Å². The molecule has 23 heavy (non-hydrogen) atoms. The number of methoxy groups -OCH3 is 1. The Labute approximate surface area is 142 Å². The molecule has 0 amide bonds. The van der Waals surface area contributed by atoms with Crippen LogP contribution in [0.25, 0.3) is 0 Å². The van der Waals surface area contributed by atoms with Crippen LogP contribution >= 0.6 is 11.6 Å². The molecule has 2 aromatic carbocycles. The van der Waals surface area contributed by atoms with Crippen LogP contribution in [0, 0.1) is 0 Å². The molecule has 0 aliphatic carbocycles. The molecule has 0 aliphatic rings. The predicted molar refractivity (Wildman–Crippen MR) is 94.1 cm³/mol. The number of phenolic OH excluding ortho intramolecular Hbond substituents is 1. The van der Waals surface area contributed by atoms with E-state index in [0.29, 0.717) is 17.1 Å². The Morgan fingerprint density at radius 3 is 2.70 bits per heavy atom. The number of aliphatic imine (C=N–C) groups is 1. The van der Waals surface area contributed by atoms with Gasteiger partial charge in [-0.1, -0.05) is 23.7 Å². The van der Waals surface area contributed by atoms with Gasteiger partial charge in [-0.15, -0.1) is 0 Å². The van der Waals surface area contributed by atoms with Gasteiger partial charge in [0.1, 0.15) is 17.5 Å². The number of para-hydroxylation sites is 1. The molecule has 0 spiro atoms. The molecule has 0 saturated carbocycles. The number of benzene rings is 2. The van der Waals surface area contributed by atoms with Crippen LogP contribution in [0.15, 0.2) is 47.5 Å². The second kappa shape index (κ2) is 7.99. The normalized spacial score (nSPS) is 12.7. The first-order valence-electron chi connectivity index (χ1n) is 7.44. The first-order valence-corrected chi connectivity index (χ1v) is 7.82. The van der Waals surface area contributed by atoms with E-state index in [1.807, 2.05) is 18.2 Å². The number of hydrogen-bond acceptors (Lipinski definition) is 3. The summed E-state index contributed by atoms with van der Waals surface area (Å²) < 4.78 is 5.45. The van der Waals surface area contributed by atoms with E-state index in [1.54, 1.807) is 31.5 Å². The van der Waals surface area contributed by atoms with Crippen LogP contribution < -0.4 is 9.64 Å². The summed E-state index contributed by atoms with van der Waals surface area (Å²) in [5.74, 6) is 1.03. The van der Waals surface area contributed by atoms with Crippen LogP contribution in [0.3, 0.4) is 0 Å². The second-order valence-corrected chi connectivity index (χ2v) is 6.01. The predicted octanol–water partition coefficient (Wildman–Crippen LogP) is 2.36. The SMILES string of the molecule is COc1ccccc1[C@H](CN=Cc1cc(Cl)ccc1O)[NH+](C)C. The number of likely N-dealkylation sites (N-methyl/N-ethyl adjacent to an activating group) is 1. The third-order valence-electron chi connectivity index (χ3n) is 3.72. The molecule has 0 saturated heterocycles. The molecule has 2 aromatic rings. The van der Waals surface area contributed by atoms with Gasteiger partial charge in [-0.3, -0.25) is 4.99 Å². The van der Waals surface area contributed by atoms with Gasteiger partial charge < -0.3 is 14.7 Å². The van der Waals surface area contributed by atoms with E-state index < -0.39 is 0 Å². The molecule has 0 unspecified atom stereocenters. The smallest absolute Gasteiger partial charge is 0.136 e. The molecular formula is C18H22ClN2O2+. The monoisotopic (exact) mass is 333 g/mol. The molecule has 5 heteroatoms. The number of phenols is 1. The van der Waals surface area contributed by atoms with Gasteiger partial charge in [0.05, 0.1) is 33.3 Å². The summed E-state index contributed by atoms with van der Waals surface area (Å²) in [5.41, 5.74) is 1.73. The van der Waals surface area contributed by atoms with Crippen molar-refractivity contribution in [2.75, 3.05) is 27.7 Å². The topological polar surface area (TPSA) is 46.3 Å². The van der Waals surface area contributed by atoms with Crippen molar-refractivity contribution in [2.45, 2.75) is 6.04 Å². The molecule has 4 nitrogen and oxygen atoms in total. The van der Waals surface area contributed by atoms with Crippen molar-refractivity contribution in [3.8, 4) is 11.5 Å². The number of rotatable bonds is 6. The largest absolute Gasteiger partial charge is 0.507 e. The van der Waals surface area contributed by atoms with Crippen molar-refractivity contribution in [1.29, 1.82) is 0 Å². The number of aromatic hydroxyl groups is 1. The van der Waals surface area contributed by atoms with Crippen molar-refractivity contribution in [3.63, 3.8) is 0 Å². The first-order chi connectivity index (χ1) is 11.0. The molecule has 122 valence electrons. The van der Waals surface area contributed by atoms with E-state index in [4.69, 9.17) is 16.3 Å². The van der Waals surface area contributed by atoms with E-state index in [0.717, 1.165) is 11.3 Å². The van der Waals surface area contributed by atoms with E-state index in [9.17, 15) is 5.11 Å². The summed E-state index contributed by atoms with van der Waals surface area (Å²) in [6, 6.07) is 13.0. The number of quaternary nitrogens is 1. The molecule has 0 bridgehead atoms. The maximum absolute atomic E-state index is 9.83. The fourth-order valence-corrected chi connectivity index (χ4v) is 2.61. The minimum absolute atomic E-state index is 0.156. The average Bonchev–Trinajstić information content (AvgIpc) is 2.54. The lowest BCUT2D eigenvalue weighted by atomic mass is 10.0. The molecule has 1 atom stereocenters. The summed E-state index contributed by atoms with van der Waals surface area (Å²) in [6.07, 6.45) is 1.66. The van der Waals surface area contributed by atoms with Crippen molar-refractivity contribution < 1.29 is 14.7 Å². The van der Waals surface area contributed by atoms with Gasteiger partial charge in [0, 0.05) is 16.8 Å². The van der Waals surface area contributed by atoms with Crippen molar-refractivity contribution in [3.05, 3.63) is 58.6 Å². The van der Waals surface area contributed by atoms with Crippen molar-refractivity contribution in [2.24, 2.45) is 4.99 Å². The van der Waals surface area contributed by atoms with E-state index >= 15 is 0 Å². The summed E-state index contributed by atoms with van der Waals surface area (Å²) >= 11 is 5.95. The Morgan fingerprint density at radius 2 is 2.00 bits per heavy atom. The standard InChI is InChI=1S/C18H21ClN2O2/c1-21(2)16(15-6-4-5-7-18(15)23-3)12-20-11-13-10-14(19)8-9-17(13)22/h4-11,16,22H,12H2,1-3H3/p+1/t16-/m0/s1. The Balaban J connectivity index is 2.20. The van der Waals surface area contributed by atoms with Gasteiger partial charge in [-0.05, 0) is 30.3 Å². The maximum Gasteiger partial charge on any atom is 0.136 e. The van der Waals surface area contributed by atoms with Crippen molar-refractivity contribution >= 4 is 17.8 Å². The van der Waals surface area contributed by atoms with Crippen LogP contribution in [0.4, 0.5) is 0 Å². The zero-order chi connectivity index (χ0) is 16.8. The lowest BCUT2D eigenvalue weighted by Gasteiger charge is -2.21. The summed E-state index contributed by atoms with van der Waals surface area (Å²) in [4.78, 5) is 5.75. The number of nitrogens with zero attached hydrogens (tertiary/aromatic N) is 1. The zero-order valence-corrected chi connectivity index (χ0v) is 14.3. The number of ether oxygens (including phenoxy) is 1. The fourth-order valence-electron chi connectivity index (χ4n) is 2.43. The second-order valence-electron chi connectivity index (χ2n) is 5.57. The molecule has 0 aromatic heterocycles. The summed E-state index contributed by atoms with van der Waals surface area (Å²) in [6.45, 7) is 0.578. The van der Waals surface area contributed by atoms with Gasteiger partial charge >= 0.3 is 0 Å². The number of halogens is 1. The molecule has 0 fully saturated rings. The van der Waals surface area contributed by atoms with Crippen LogP contribution in [-0.4, -0.2) is 39.1 Å². The quantitative estimate of drug-likeness (QED) is 0.797. The summed E-state index contributed by atoms with van der Waals surface area (Å²) in [7, 11) is 5.85. The van der Waals surface area contributed by atoms with Gasteiger partial charge in [0.2, 0.25) is 0 Å². The third kappa shape index (κ3) is 4.47. The molecule has 0 aliphatic heterocycles. The molecule has 0 heterocycles. The van der Waals surface area contributed by atoms with Crippen LogP contribution in [-0.2, 0) is 0 Å². The Kier molecular flexibility index (Phi) is 6.02. The summed E-state index contributed by atoms with van der Waals surface area (Å²) in [5, 5.41) is 10.4. The number of nitrogens with one attached hydrogen (secondary N) is 1. The lowest BCUT2D eigenvalue weighted by Crippen LogP contribution is -3.06. The highest BCUT2D eigenvalue weighted by atomic mass is 35.5. The average molecular weight is 334 g/mol. The van der Waals surface area contributed by atoms with Crippen LogP contribution in [0.1, 0.15) is 17.2 Å². The Hall–Kier alpha value is -2.04. The van der Waals surface area contributed by atoms with E-state index in [1.165, 1.54) is 4.90 Å². The highest BCUT2D eigenvalue weighted by Gasteiger charge is 2.20. The van der Waals surface area contributed by atoms with E-state index in [-0.39, 0.29) is 11.8 Å². The lowest BCUT2D eigenvalue weighted by molar-refractivity contribution is -0.890. The maximum atomic E-state index is 9.83. The highest BCUT2D eigenvalue weighted by molar-refractivity contribution is 6.30. The first kappa shape index (κ1) is 17.3. The van der Waals surface area contributed by atoms with Gasteiger partial charge in [-0.25, -0.2) is 0 Å². The zero-order valence-electron chi connectivity index (χ0n) is 13.6. The Bertz CT molecular complexity index is 686. The molecule has 2 rings (SSSR count). The minimum Gasteiger partial charge on any atom is -0.507 e. The van der Waals surface area contributed by atoms with Crippen molar-refractivity contribution in [1.82, 2.24) is 0 Å². The molecular weight excluding hydrogens is 312 g/mol. The van der Waals surface area contributed by atoms with Crippen LogP contribution in [0.2, 0.25) is 5.02 Å². The van der Waals surface area contributed by atoms with Gasteiger partial charge in [0.25, 0.3) is 0 Å². The fraction of sp³-hybridized carbons (Fsp3) is 0.278. The van der Waals surface area contributed by atoms with Gasteiger partial charge in [0.15, 0.2) is 0 Å². The minimum atomic E-state index is 0.156. The Morgan fingerprint density at radius 1 is 1.26 bits per heavy atom. The third-order valence-corrected chi connectivity index (χ3v) is 3.95. The van der Waals surface area contributed by atoms with E-state index in [2.05, 4.69) is 25.2 Å². The van der Waals surface area contributed by atoms with Gasteiger partial charge in [-0.2, -0.15) is 0 Å².